The molecular weight excluding hydrogens is 537 g/mol. The first-order chi connectivity index (χ1) is 18.5. The highest BCUT2D eigenvalue weighted by Gasteiger charge is 2.60. The number of nitro groups is 1. The van der Waals surface area contributed by atoms with Crippen molar-refractivity contribution in [3.63, 3.8) is 0 Å². The van der Waals surface area contributed by atoms with E-state index in [9.17, 15) is 39.1 Å². The van der Waals surface area contributed by atoms with Crippen LogP contribution in [0.1, 0.15) is 25.8 Å². The molecule has 1 aromatic rings. The SMILES string of the molecule is C[C@@H](O)[C@H]1C(=O)N2C(C(=O)O)=C(S[C@H]3C[C@@H](COCCF)N(C(=O)OCc4ccc([N+](=O)[O-])cc4)C3)[C@H](C)[C@H]12. The van der Waals surface area contributed by atoms with Crippen molar-refractivity contribution in [3.8, 4) is 0 Å². The predicted octanol–water partition coefficient (Wildman–Crippen LogP) is 2.55. The molecule has 14 heteroatoms. The number of aliphatic carboxylic acids is 1. The van der Waals surface area contributed by atoms with Crippen LogP contribution in [-0.2, 0) is 25.7 Å². The molecule has 2 saturated heterocycles. The quantitative estimate of drug-likeness (QED) is 0.176. The topological polar surface area (TPSA) is 160 Å². The second-order valence-electron chi connectivity index (χ2n) is 9.80. The van der Waals surface area contributed by atoms with Gasteiger partial charge in [-0.25, -0.2) is 14.0 Å². The number of halogens is 1. The summed E-state index contributed by atoms with van der Waals surface area (Å²) in [6, 6.07) is 4.70. The van der Waals surface area contributed by atoms with Crippen molar-refractivity contribution in [2.24, 2.45) is 11.8 Å². The first-order valence-corrected chi connectivity index (χ1v) is 13.4. The second-order valence-corrected chi connectivity index (χ2v) is 11.1. The molecule has 39 heavy (non-hydrogen) atoms. The molecule has 0 saturated carbocycles. The van der Waals surface area contributed by atoms with Gasteiger partial charge in [0.25, 0.3) is 5.69 Å². The van der Waals surface area contributed by atoms with Crippen molar-refractivity contribution in [1.82, 2.24) is 9.80 Å². The van der Waals surface area contributed by atoms with Gasteiger partial charge in [-0.15, -0.1) is 11.8 Å². The number of benzene rings is 1. The van der Waals surface area contributed by atoms with Gasteiger partial charge in [0.05, 0.1) is 42.2 Å². The van der Waals surface area contributed by atoms with E-state index in [2.05, 4.69) is 0 Å². The van der Waals surface area contributed by atoms with E-state index in [-0.39, 0.29) is 48.9 Å². The van der Waals surface area contributed by atoms with E-state index >= 15 is 0 Å². The fraction of sp³-hybridized carbons (Fsp3) is 0.560. The van der Waals surface area contributed by atoms with E-state index in [4.69, 9.17) is 9.47 Å². The number of non-ortho nitro benzene ring substituents is 1. The average molecular weight is 568 g/mol. The third kappa shape index (κ3) is 5.72. The van der Waals surface area contributed by atoms with Crippen molar-refractivity contribution in [2.45, 2.75) is 50.3 Å². The summed E-state index contributed by atoms with van der Waals surface area (Å²) >= 11 is 1.29. The highest BCUT2D eigenvalue weighted by molar-refractivity contribution is 8.03. The standard InChI is InChI=1S/C25H30FN3O9S/c1-13-20-19(14(2)30)23(31)28(20)21(24(32)33)22(13)39-18-9-17(12-37-8-7-26)27(10-18)25(34)38-11-15-3-5-16(6-4-15)29(35)36/h3-6,13-14,17-20,30H,7-12H2,1-2H3,(H,32,33)/t13-,14-,17+,18+,19-,20-/m1/s1. The summed E-state index contributed by atoms with van der Waals surface area (Å²) in [5.41, 5.74) is 0.378. The van der Waals surface area contributed by atoms with Crippen LogP contribution >= 0.6 is 11.8 Å². The van der Waals surface area contributed by atoms with Crippen LogP contribution in [0.5, 0.6) is 0 Å². The van der Waals surface area contributed by atoms with E-state index in [1.807, 2.05) is 6.92 Å². The minimum absolute atomic E-state index is 0.0609. The Morgan fingerprint density at radius 1 is 1.31 bits per heavy atom. The zero-order valence-electron chi connectivity index (χ0n) is 21.4. The average Bonchev–Trinajstić information content (AvgIpc) is 3.39. The Morgan fingerprint density at radius 3 is 2.59 bits per heavy atom. The fourth-order valence-corrected chi connectivity index (χ4v) is 6.98. The number of amides is 2. The number of ether oxygens (including phenoxy) is 2. The number of nitro benzene ring substituents is 1. The molecule has 0 aliphatic carbocycles. The number of likely N-dealkylation sites (tertiary alicyclic amines) is 1. The predicted molar refractivity (Wildman–Crippen MR) is 136 cm³/mol. The van der Waals surface area contributed by atoms with Gasteiger partial charge in [0, 0.05) is 34.8 Å². The maximum Gasteiger partial charge on any atom is 0.410 e. The number of nitrogens with zero attached hydrogens (tertiary/aromatic N) is 3. The van der Waals surface area contributed by atoms with Crippen LogP contribution in [0.4, 0.5) is 14.9 Å². The monoisotopic (exact) mass is 567 g/mol. The lowest BCUT2D eigenvalue weighted by atomic mass is 9.79. The lowest BCUT2D eigenvalue weighted by Gasteiger charge is -2.46. The summed E-state index contributed by atoms with van der Waals surface area (Å²) in [5.74, 6) is -2.65. The molecule has 2 N–H and O–H groups in total. The number of aliphatic hydroxyl groups excluding tert-OH is 1. The van der Waals surface area contributed by atoms with Gasteiger partial charge in [-0.2, -0.15) is 0 Å². The highest BCUT2D eigenvalue weighted by Crippen LogP contribution is 2.52. The number of carbonyl (C=O) groups excluding carboxylic acids is 2. The number of fused-ring (bicyclic) bond motifs is 1. The molecule has 3 heterocycles. The Balaban J connectivity index is 1.46. The molecule has 3 aliphatic heterocycles. The van der Waals surface area contributed by atoms with Gasteiger partial charge < -0.3 is 29.5 Å². The number of alkyl halides is 1. The van der Waals surface area contributed by atoms with Gasteiger partial charge in [0.1, 0.15) is 19.0 Å². The molecule has 0 aromatic heterocycles. The van der Waals surface area contributed by atoms with Crippen LogP contribution in [0.25, 0.3) is 0 Å². The Labute approximate surface area is 227 Å². The first-order valence-electron chi connectivity index (χ1n) is 12.5. The van der Waals surface area contributed by atoms with Crippen LogP contribution < -0.4 is 0 Å². The molecule has 3 aliphatic rings. The molecule has 212 valence electrons. The number of thioether (sulfide) groups is 1. The summed E-state index contributed by atoms with van der Waals surface area (Å²) in [7, 11) is 0. The molecule has 1 aromatic carbocycles. The number of rotatable bonds is 11. The number of carbonyl (C=O) groups is 3. The maximum atomic E-state index is 13.0. The third-order valence-electron chi connectivity index (χ3n) is 7.26. The zero-order valence-corrected chi connectivity index (χ0v) is 22.2. The summed E-state index contributed by atoms with van der Waals surface area (Å²) < 4.78 is 23.4. The number of β-lactam (4-membered cyclic amide) rings is 1. The van der Waals surface area contributed by atoms with Crippen molar-refractivity contribution in [2.75, 3.05) is 26.4 Å². The first kappa shape index (κ1) is 28.8. The summed E-state index contributed by atoms with van der Waals surface area (Å²) in [5, 5.41) is 30.5. The Kier molecular flexibility index (Phi) is 8.76. The van der Waals surface area contributed by atoms with Gasteiger partial charge in [-0.05, 0) is 31.0 Å². The molecule has 6 atom stereocenters. The minimum Gasteiger partial charge on any atom is -0.477 e. The number of carboxylic acids is 1. The Hall–Kier alpha value is -3.23. The van der Waals surface area contributed by atoms with Crippen molar-refractivity contribution in [3.05, 3.63) is 50.5 Å². The highest BCUT2D eigenvalue weighted by atomic mass is 32.2. The Bertz CT molecular complexity index is 1160. The normalized spacial score (nSPS) is 26.9. The molecule has 2 fully saturated rings. The van der Waals surface area contributed by atoms with Crippen LogP contribution in [0, 0.1) is 22.0 Å². The molecule has 12 nitrogen and oxygen atoms in total. The number of carboxylic acid groups (broad SMARTS) is 1. The van der Waals surface area contributed by atoms with Crippen LogP contribution in [-0.4, -0.2) is 92.8 Å². The third-order valence-corrected chi connectivity index (χ3v) is 8.75. The summed E-state index contributed by atoms with van der Waals surface area (Å²) in [4.78, 5) is 51.3. The molecule has 0 bridgehead atoms. The van der Waals surface area contributed by atoms with Crippen LogP contribution in [0.15, 0.2) is 34.9 Å². The largest absolute Gasteiger partial charge is 0.477 e. The van der Waals surface area contributed by atoms with E-state index in [0.29, 0.717) is 16.9 Å². The lowest BCUT2D eigenvalue weighted by molar-refractivity contribution is -0.384. The second kappa shape index (κ2) is 11.9. The van der Waals surface area contributed by atoms with Crippen molar-refractivity contribution < 1.29 is 43.4 Å². The summed E-state index contributed by atoms with van der Waals surface area (Å²) in [6.07, 6.45) is -1.14. The van der Waals surface area contributed by atoms with Crippen LogP contribution in [0.3, 0.4) is 0 Å². The molecule has 0 unspecified atom stereocenters. The number of hydrogen-bond donors (Lipinski definition) is 2. The molecular formula is C25H30FN3O9S. The maximum absolute atomic E-state index is 13.0. The smallest absolute Gasteiger partial charge is 0.410 e. The molecule has 2 amide bonds. The van der Waals surface area contributed by atoms with Crippen LogP contribution in [0.2, 0.25) is 0 Å². The van der Waals surface area contributed by atoms with E-state index < -0.39 is 53.7 Å². The van der Waals surface area contributed by atoms with E-state index in [0.717, 1.165) is 0 Å². The van der Waals surface area contributed by atoms with Gasteiger partial charge in [0.2, 0.25) is 5.91 Å². The van der Waals surface area contributed by atoms with Crippen molar-refractivity contribution >= 4 is 35.4 Å². The van der Waals surface area contributed by atoms with Crippen molar-refractivity contribution in [1.29, 1.82) is 0 Å². The van der Waals surface area contributed by atoms with Gasteiger partial charge in [-0.3, -0.25) is 14.9 Å². The van der Waals surface area contributed by atoms with Gasteiger partial charge in [0.15, 0.2) is 0 Å². The molecule has 0 radical (unpaired) electrons. The number of hydrogen-bond acceptors (Lipinski definition) is 9. The summed E-state index contributed by atoms with van der Waals surface area (Å²) in [6.45, 7) is 2.67. The van der Waals surface area contributed by atoms with E-state index in [1.165, 1.54) is 52.8 Å². The molecule has 4 rings (SSSR count). The molecule has 0 spiro atoms. The lowest BCUT2D eigenvalue weighted by Crippen LogP contribution is -2.63. The number of aliphatic hydroxyl groups is 1. The zero-order chi connectivity index (χ0) is 28.4. The Morgan fingerprint density at radius 2 is 2.00 bits per heavy atom. The van der Waals surface area contributed by atoms with Gasteiger partial charge in [-0.1, -0.05) is 6.92 Å². The fourth-order valence-electron chi connectivity index (χ4n) is 5.41. The minimum atomic E-state index is -1.23. The van der Waals surface area contributed by atoms with E-state index in [1.54, 1.807) is 0 Å². The van der Waals surface area contributed by atoms with Gasteiger partial charge >= 0.3 is 12.1 Å².